The van der Waals surface area contributed by atoms with Gasteiger partial charge in [0, 0.05) is 36.3 Å². The molecule has 2 aromatic rings. The molecule has 152 valence electrons. The Bertz CT molecular complexity index is 872. The first-order valence-electron chi connectivity index (χ1n) is 9.37. The van der Waals surface area contributed by atoms with Crippen molar-refractivity contribution in [2.75, 3.05) is 19.6 Å². The second-order valence-corrected chi connectivity index (χ2v) is 6.92. The van der Waals surface area contributed by atoms with Crippen LogP contribution in [0.3, 0.4) is 0 Å². The summed E-state index contributed by atoms with van der Waals surface area (Å²) in [6.45, 7) is 0.766. The van der Waals surface area contributed by atoms with Crippen LogP contribution in [0.2, 0.25) is 0 Å². The van der Waals surface area contributed by atoms with Crippen LogP contribution in [0.5, 0.6) is 11.5 Å². The topological polar surface area (TPSA) is 119 Å². The van der Waals surface area contributed by atoms with Crippen molar-refractivity contribution in [3.8, 4) is 11.5 Å². The summed E-state index contributed by atoms with van der Waals surface area (Å²) in [6, 6.07) is 12.4. The fourth-order valence-corrected chi connectivity index (χ4v) is 3.26. The van der Waals surface area contributed by atoms with Gasteiger partial charge in [0.15, 0.2) is 0 Å². The number of amides is 3. The zero-order valence-corrected chi connectivity index (χ0v) is 15.8. The molecule has 0 spiro atoms. The third-order valence-electron chi connectivity index (χ3n) is 4.74. The van der Waals surface area contributed by atoms with Gasteiger partial charge in [-0.3, -0.25) is 14.4 Å². The van der Waals surface area contributed by atoms with Gasteiger partial charge in [0.05, 0.1) is 6.54 Å². The van der Waals surface area contributed by atoms with E-state index in [1.165, 1.54) is 12.1 Å². The smallest absolute Gasteiger partial charge is 0.254 e. The van der Waals surface area contributed by atoms with E-state index in [2.05, 4.69) is 10.6 Å². The molecule has 0 unspecified atom stereocenters. The third kappa shape index (κ3) is 5.47. The number of hydrogen-bond donors (Lipinski definition) is 4. The standard InChI is InChI=1S/C21H23N3O5/c25-17-10-15(11-18(26)12-17)21(29)24-8-6-16(7-9-24)23-19(27)13-22-20(28)14-4-2-1-3-5-14/h1-5,10-12,16,25-26H,6-9,13H2,(H,22,28)(H,23,27). The van der Waals surface area contributed by atoms with Gasteiger partial charge >= 0.3 is 0 Å². The molecule has 1 heterocycles. The molecule has 2 aromatic carbocycles. The number of piperidine rings is 1. The summed E-state index contributed by atoms with van der Waals surface area (Å²) < 4.78 is 0. The molecule has 8 heteroatoms. The average molecular weight is 397 g/mol. The fourth-order valence-electron chi connectivity index (χ4n) is 3.26. The van der Waals surface area contributed by atoms with E-state index in [-0.39, 0.29) is 47.4 Å². The van der Waals surface area contributed by atoms with Crippen LogP contribution >= 0.6 is 0 Å². The number of carbonyl (C=O) groups excluding carboxylic acids is 3. The summed E-state index contributed by atoms with van der Waals surface area (Å²) in [7, 11) is 0. The normalized spacial score (nSPS) is 14.3. The molecule has 1 saturated heterocycles. The van der Waals surface area contributed by atoms with Crippen LogP contribution in [-0.4, -0.2) is 58.5 Å². The van der Waals surface area contributed by atoms with Crippen molar-refractivity contribution in [2.45, 2.75) is 18.9 Å². The fraction of sp³-hybridized carbons (Fsp3) is 0.286. The van der Waals surface area contributed by atoms with Crippen molar-refractivity contribution in [2.24, 2.45) is 0 Å². The summed E-state index contributed by atoms with van der Waals surface area (Å²) in [4.78, 5) is 38.2. The lowest BCUT2D eigenvalue weighted by Gasteiger charge is -2.32. The van der Waals surface area contributed by atoms with Gasteiger partial charge in [0.25, 0.3) is 11.8 Å². The van der Waals surface area contributed by atoms with Crippen molar-refractivity contribution in [1.29, 1.82) is 0 Å². The lowest BCUT2D eigenvalue weighted by atomic mass is 10.0. The van der Waals surface area contributed by atoms with E-state index < -0.39 is 0 Å². The van der Waals surface area contributed by atoms with Crippen LogP contribution < -0.4 is 10.6 Å². The quantitative estimate of drug-likeness (QED) is 0.605. The van der Waals surface area contributed by atoms with Crippen LogP contribution in [0.1, 0.15) is 33.6 Å². The highest BCUT2D eigenvalue weighted by Gasteiger charge is 2.25. The number of likely N-dealkylation sites (tertiary alicyclic amines) is 1. The Labute approximate surface area is 168 Å². The van der Waals surface area contributed by atoms with Crippen molar-refractivity contribution >= 4 is 17.7 Å². The predicted octanol–water partition coefficient (Wildman–Crippen LogP) is 1.25. The highest BCUT2D eigenvalue weighted by Crippen LogP contribution is 2.22. The van der Waals surface area contributed by atoms with Gasteiger partial charge in [0.1, 0.15) is 11.5 Å². The van der Waals surface area contributed by atoms with Crippen LogP contribution in [0.4, 0.5) is 0 Å². The molecule has 0 aromatic heterocycles. The Morgan fingerprint density at radius 1 is 0.931 bits per heavy atom. The Hall–Kier alpha value is -3.55. The molecule has 3 rings (SSSR count). The zero-order chi connectivity index (χ0) is 20.8. The van der Waals surface area contributed by atoms with Crippen LogP contribution in [0, 0.1) is 0 Å². The Kier molecular flexibility index (Phi) is 6.33. The number of nitrogens with zero attached hydrogens (tertiary/aromatic N) is 1. The van der Waals surface area contributed by atoms with E-state index in [1.807, 2.05) is 6.07 Å². The molecule has 1 fully saturated rings. The molecule has 8 nitrogen and oxygen atoms in total. The molecule has 1 aliphatic rings. The average Bonchev–Trinajstić information content (AvgIpc) is 2.72. The molecule has 0 bridgehead atoms. The van der Waals surface area contributed by atoms with Crippen molar-refractivity contribution in [3.05, 3.63) is 59.7 Å². The summed E-state index contributed by atoms with van der Waals surface area (Å²) in [5, 5.41) is 24.5. The van der Waals surface area contributed by atoms with Crippen molar-refractivity contribution in [1.82, 2.24) is 15.5 Å². The largest absolute Gasteiger partial charge is 0.508 e. The number of aromatic hydroxyl groups is 2. The Morgan fingerprint density at radius 3 is 2.17 bits per heavy atom. The molecule has 0 radical (unpaired) electrons. The number of rotatable bonds is 5. The van der Waals surface area contributed by atoms with Gasteiger partial charge in [-0.25, -0.2) is 0 Å². The Balaban J connectivity index is 1.44. The summed E-state index contributed by atoms with van der Waals surface area (Å²) >= 11 is 0. The molecule has 1 aliphatic heterocycles. The highest BCUT2D eigenvalue weighted by atomic mass is 16.3. The minimum Gasteiger partial charge on any atom is -0.508 e. The molecule has 0 saturated carbocycles. The number of benzene rings is 2. The first kappa shape index (κ1) is 20.2. The van der Waals surface area contributed by atoms with Crippen molar-refractivity contribution < 1.29 is 24.6 Å². The number of nitrogens with one attached hydrogen (secondary N) is 2. The number of phenolic OH excluding ortho intramolecular Hbond substituents is 2. The SMILES string of the molecule is O=C(CNC(=O)c1ccccc1)NC1CCN(C(=O)c2cc(O)cc(O)c2)CC1. The highest BCUT2D eigenvalue weighted by molar-refractivity contribution is 5.96. The van der Waals surface area contributed by atoms with Gasteiger partial charge in [0.2, 0.25) is 5.91 Å². The van der Waals surface area contributed by atoms with Gasteiger partial charge in [-0.15, -0.1) is 0 Å². The number of phenols is 2. The molecule has 4 N–H and O–H groups in total. The van der Waals surface area contributed by atoms with Crippen LogP contribution in [0.15, 0.2) is 48.5 Å². The predicted molar refractivity (Wildman–Crippen MR) is 106 cm³/mol. The molecule has 29 heavy (non-hydrogen) atoms. The maximum atomic E-state index is 12.5. The minimum atomic E-state index is -0.310. The molecule has 0 atom stereocenters. The van der Waals surface area contributed by atoms with Gasteiger partial charge in [-0.2, -0.15) is 0 Å². The zero-order valence-electron chi connectivity index (χ0n) is 15.8. The van der Waals surface area contributed by atoms with Gasteiger partial charge in [-0.05, 0) is 37.1 Å². The van der Waals surface area contributed by atoms with E-state index in [1.54, 1.807) is 29.2 Å². The summed E-state index contributed by atoms with van der Waals surface area (Å²) in [5.41, 5.74) is 0.707. The van der Waals surface area contributed by atoms with Crippen LogP contribution in [0.25, 0.3) is 0 Å². The van der Waals surface area contributed by atoms with E-state index in [9.17, 15) is 24.6 Å². The van der Waals surface area contributed by atoms with E-state index in [0.717, 1.165) is 6.07 Å². The first-order valence-corrected chi connectivity index (χ1v) is 9.37. The molecule has 0 aliphatic carbocycles. The van der Waals surface area contributed by atoms with Crippen LogP contribution in [-0.2, 0) is 4.79 Å². The van der Waals surface area contributed by atoms with E-state index in [4.69, 9.17) is 0 Å². The maximum Gasteiger partial charge on any atom is 0.254 e. The Morgan fingerprint density at radius 2 is 1.55 bits per heavy atom. The summed E-state index contributed by atoms with van der Waals surface area (Å²) in [6.07, 6.45) is 1.16. The molecular weight excluding hydrogens is 374 g/mol. The minimum absolute atomic E-state index is 0.0854. The lowest BCUT2D eigenvalue weighted by molar-refractivity contribution is -0.121. The maximum absolute atomic E-state index is 12.5. The summed E-state index contributed by atoms with van der Waals surface area (Å²) in [5.74, 6) is -1.22. The molecule has 3 amide bonds. The monoisotopic (exact) mass is 397 g/mol. The second kappa shape index (κ2) is 9.09. The van der Waals surface area contributed by atoms with Gasteiger partial charge in [-0.1, -0.05) is 18.2 Å². The van der Waals surface area contributed by atoms with E-state index >= 15 is 0 Å². The molecular formula is C21H23N3O5. The van der Waals surface area contributed by atoms with E-state index in [0.29, 0.717) is 31.5 Å². The van der Waals surface area contributed by atoms with Gasteiger partial charge < -0.3 is 25.7 Å². The lowest BCUT2D eigenvalue weighted by Crippen LogP contribution is -2.48. The first-order chi connectivity index (χ1) is 13.9. The number of carbonyl (C=O) groups is 3. The number of hydrogen-bond acceptors (Lipinski definition) is 5. The van der Waals surface area contributed by atoms with Crippen molar-refractivity contribution in [3.63, 3.8) is 0 Å². The second-order valence-electron chi connectivity index (χ2n) is 6.92. The third-order valence-corrected chi connectivity index (χ3v) is 4.74.